The van der Waals surface area contributed by atoms with Crippen molar-refractivity contribution >= 4 is 28.9 Å². The SMILES string of the molecule is COc1c([C@@H]2[C@@H](C(=O)Nc3c(N)ccnc3Cl)O[C@](C)(C(F)(F)F)[C@@H]2C)ccc(F)c1F. The van der Waals surface area contributed by atoms with Crippen molar-refractivity contribution in [3.8, 4) is 5.75 Å². The number of methoxy groups -OCH3 is 1. The normalized spacial score (nSPS) is 25.6. The number of alkyl halides is 3. The Labute approximate surface area is 184 Å². The lowest BCUT2D eigenvalue weighted by Crippen LogP contribution is -2.47. The largest absolute Gasteiger partial charge is 0.493 e. The first-order valence-corrected chi connectivity index (χ1v) is 9.68. The topological polar surface area (TPSA) is 86.5 Å². The number of carbonyl (C=O) groups is 1. The Morgan fingerprint density at radius 3 is 2.53 bits per heavy atom. The standard InChI is InChI=1S/C20H19ClF5N3O3/c1-8-12(9-4-5-10(22)13(23)15(9)31-3)16(32-19(8,2)20(24,25)26)18(30)29-14-11(27)6-7-28-17(14)21/h4-8,12,16H,1-3H3,(H2,27,28)(H,29,30)/t8-,12-,16+,19+/m1/s1. The minimum absolute atomic E-state index is 0.0185. The van der Waals surface area contributed by atoms with Gasteiger partial charge in [-0.3, -0.25) is 4.79 Å². The van der Waals surface area contributed by atoms with Crippen LogP contribution < -0.4 is 15.8 Å². The van der Waals surface area contributed by atoms with Crippen molar-refractivity contribution in [3.05, 3.63) is 46.7 Å². The van der Waals surface area contributed by atoms with E-state index in [4.69, 9.17) is 26.8 Å². The molecule has 1 aliphatic rings. The van der Waals surface area contributed by atoms with E-state index >= 15 is 0 Å². The number of rotatable bonds is 4. The van der Waals surface area contributed by atoms with Gasteiger partial charge in [0.2, 0.25) is 5.82 Å². The molecule has 0 spiro atoms. The zero-order valence-electron chi connectivity index (χ0n) is 17.1. The molecule has 3 rings (SSSR count). The molecular formula is C20H19ClF5N3O3. The highest BCUT2D eigenvalue weighted by Crippen LogP contribution is 2.55. The first kappa shape index (κ1) is 24.0. The highest BCUT2D eigenvalue weighted by atomic mass is 35.5. The molecule has 4 atom stereocenters. The number of ether oxygens (including phenoxy) is 2. The number of nitrogens with two attached hydrogens (primary N) is 1. The first-order chi connectivity index (χ1) is 14.8. The van der Waals surface area contributed by atoms with Gasteiger partial charge in [-0.2, -0.15) is 17.6 Å². The average molecular weight is 480 g/mol. The Bertz CT molecular complexity index is 1030. The monoisotopic (exact) mass is 479 g/mol. The number of aromatic nitrogens is 1. The molecule has 0 radical (unpaired) electrons. The number of nitrogen functional groups attached to an aromatic ring is 1. The molecule has 2 heterocycles. The van der Waals surface area contributed by atoms with E-state index < -0.39 is 53.0 Å². The second-order valence-electron chi connectivity index (χ2n) is 7.50. The fourth-order valence-corrected chi connectivity index (χ4v) is 4.02. The maximum Gasteiger partial charge on any atom is 0.417 e. The Kier molecular flexibility index (Phi) is 6.27. The molecule has 0 aliphatic carbocycles. The number of nitrogens with zero attached hydrogens (tertiary/aromatic N) is 1. The van der Waals surface area contributed by atoms with Crippen LogP contribution in [0.3, 0.4) is 0 Å². The summed E-state index contributed by atoms with van der Waals surface area (Å²) in [6.45, 7) is 1.99. The van der Waals surface area contributed by atoms with Gasteiger partial charge in [0.1, 0.15) is 11.8 Å². The second kappa shape index (κ2) is 8.36. The number of hydrogen-bond acceptors (Lipinski definition) is 5. The fraction of sp³-hybridized carbons (Fsp3) is 0.400. The highest BCUT2D eigenvalue weighted by Gasteiger charge is 2.66. The van der Waals surface area contributed by atoms with Gasteiger partial charge in [-0.15, -0.1) is 0 Å². The molecule has 174 valence electrons. The molecule has 0 unspecified atom stereocenters. The molecular weight excluding hydrogens is 461 g/mol. The van der Waals surface area contributed by atoms with E-state index in [-0.39, 0.29) is 22.1 Å². The summed E-state index contributed by atoms with van der Waals surface area (Å²) in [7, 11) is 1.04. The molecule has 6 nitrogen and oxygen atoms in total. The molecule has 1 saturated heterocycles. The Hall–Kier alpha value is -2.66. The number of benzene rings is 1. The van der Waals surface area contributed by atoms with Crippen LogP contribution in [-0.2, 0) is 9.53 Å². The summed E-state index contributed by atoms with van der Waals surface area (Å²) in [5.41, 5.74) is 2.74. The summed E-state index contributed by atoms with van der Waals surface area (Å²) in [6.07, 6.45) is -5.38. The number of pyridine rings is 1. The van der Waals surface area contributed by atoms with Gasteiger partial charge in [-0.25, -0.2) is 9.37 Å². The highest BCUT2D eigenvalue weighted by molar-refractivity contribution is 6.33. The fourth-order valence-electron chi connectivity index (χ4n) is 3.81. The lowest BCUT2D eigenvalue weighted by Gasteiger charge is -2.32. The summed E-state index contributed by atoms with van der Waals surface area (Å²) in [4.78, 5) is 16.8. The maximum absolute atomic E-state index is 14.3. The van der Waals surface area contributed by atoms with E-state index in [1.54, 1.807) is 0 Å². The third-order valence-corrected chi connectivity index (χ3v) is 6.04. The summed E-state index contributed by atoms with van der Waals surface area (Å²) >= 11 is 5.94. The van der Waals surface area contributed by atoms with Crippen LogP contribution in [0.25, 0.3) is 0 Å². The summed E-state index contributed by atoms with van der Waals surface area (Å²) < 4.78 is 80.0. The van der Waals surface area contributed by atoms with E-state index in [1.807, 2.05) is 0 Å². The maximum atomic E-state index is 14.3. The van der Waals surface area contributed by atoms with Crippen molar-refractivity contribution in [2.24, 2.45) is 5.92 Å². The van der Waals surface area contributed by atoms with E-state index in [1.165, 1.54) is 19.2 Å². The second-order valence-corrected chi connectivity index (χ2v) is 7.85. The predicted octanol–water partition coefficient (Wildman–Crippen LogP) is 4.68. The van der Waals surface area contributed by atoms with Crippen LogP contribution in [0.1, 0.15) is 25.3 Å². The van der Waals surface area contributed by atoms with Gasteiger partial charge in [0.15, 0.2) is 22.3 Å². The van der Waals surface area contributed by atoms with Crippen LogP contribution in [0.4, 0.5) is 33.3 Å². The van der Waals surface area contributed by atoms with Gasteiger partial charge >= 0.3 is 6.18 Å². The Balaban J connectivity index is 2.12. The van der Waals surface area contributed by atoms with Gasteiger partial charge in [-0.05, 0) is 19.1 Å². The number of halogens is 6. The number of amides is 1. The number of hydrogen-bond donors (Lipinski definition) is 2. The summed E-state index contributed by atoms with van der Waals surface area (Å²) in [5, 5.41) is 2.14. The van der Waals surface area contributed by atoms with Gasteiger partial charge in [0.05, 0.1) is 12.8 Å². The van der Waals surface area contributed by atoms with Crippen molar-refractivity contribution in [1.29, 1.82) is 0 Å². The van der Waals surface area contributed by atoms with Gasteiger partial charge in [0, 0.05) is 23.6 Å². The quantitative estimate of drug-likeness (QED) is 0.491. The molecule has 32 heavy (non-hydrogen) atoms. The molecule has 2 aromatic rings. The molecule has 0 bridgehead atoms. The number of carbonyl (C=O) groups excluding carboxylic acids is 1. The minimum atomic E-state index is -4.88. The van der Waals surface area contributed by atoms with Gasteiger partial charge in [0.25, 0.3) is 5.91 Å². The van der Waals surface area contributed by atoms with Crippen LogP contribution in [0.15, 0.2) is 24.4 Å². The van der Waals surface area contributed by atoms with Crippen molar-refractivity contribution in [3.63, 3.8) is 0 Å². The molecule has 1 aromatic carbocycles. The lowest BCUT2D eigenvalue weighted by atomic mass is 9.77. The number of anilines is 2. The van der Waals surface area contributed by atoms with Crippen molar-refractivity contribution in [2.45, 2.75) is 37.6 Å². The van der Waals surface area contributed by atoms with E-state index in [9.17, 15) is 26.7 Å². The molecule has 0 saturated carbocycles. The zero-order valence-corrected chi connectivity index (χ0v) is 17.8. The van der Waals surface area contributed by atoms with E-state index in [0.29, 0.717) is 0 Å². The molecule has 1 fully saturated rings. The minimum Gasteiger partial charge on any atom is -0.493 e. The van der Waals surface area contributed by atoms with Crippen LogP contribution in [0.5, 0.6) is 5.75 Å². The third-order valence-electron chi connectivity index (χ3n) is 5.76. The summed E-state index contributed by atoms with van der Waals surface area (Å²) in [6, 6.07) is 3.14. The third kappa shape index (κ3) is 3.83. The molecule has 1 aliphatic heterocycles. The van der Waals surface area contributed by atoms with Gasteiger partial charge in [-0.1, -0.05) is 24.6 Å². The number of nitrogens with one attached hydrogen (secondary N) is 1. The van der Waals surface area contributed by atoms with Crippen LogP contribution >= 0.6 is 11.6 Å². The zero-order chi connectivity index (χ0) is 24.0. The van der Waals surface area contributed by atoms with Crippen molar-refractivity contribution in [1.82, 2.24) is 4.98 Å². The first-order valence-electron chi connectivity index (χ1n) is 9.30. The van der Waals surface area contributed by atoms with Crippen LogP contribution in [0, 0.1) is 17.6 Å². The Morgan fingerprint density at radius 2 is 1.97 bits per heavy atom. The van der Waals surface area contributed by atoms with Crippen LogP contribution in [0.2, 0.25) is 5.15 Å². The molecule has 3 N–H and O–H groups in total. The molecule has 1 aromatic heterocycles. The summed E-state index contributed by atoms with van der Waals surface area (Å²) in [5.74, 6) is -7.04. The van der Waals surface area contributed by atoms with Crippen molar-refractivity contribution in [2.75, 3.05) is 18.2 Å². The predicted molar refractivity (Wildman–Crippen MR) is 106 cm³/mol. The smallest absolute Gasteiger partial charge is 0.417 e. The molecule has 1 amide bonds. The lowest BCUT2D eigenvalue weighted by molar-refractivity contribution is -0.272. The average Bonchev–Trinajstić information content (AvgIpc) is 2.99. The molecule has 12 heteroatoms. The van der Waals surface area contributed by atoms with E-state index in [0.717, 1.165) is 26.2 Å². The van der Waals surface area contributed by atoms with Crippen LogP contribution in [-0.4, -0.2) is 35.9 Å². The van der Waals surface area contributed by atoms with Gasteiger partial charge < -0.3 is 20.5 Å². The Morgan fingerprint density at radius 1 is 1.31 bits per heavy atom. The van der Waals surface area contributed by atoms with E-state index in [2.05, 4.69) is 10.3 Å². The van der Waals surface area contributed by atoms with Crippen molar-refractivity contribution < 1.29 is 36.2 Å².